The minimum atomic E-state index is -0.819. The SMILES string of the molecule is CC(C)(C)C(=O)/C(C#N)=c1\s/c(=C/c2ccc(Sc3ncccn3)c([N+](=O)[O-])c2)c(=O)n1CC1CCCO1. The van der Waals surface area contributed by atoms with Crippen molar-refractivity contribution in [2.75, 3.05) is 6.61 Å². The van der Waals surface area contributed by atoms with E-state index in [1.165, 1.54) is 10.6 Å². The van der Waals surface area contributed by atoms with Gasteiger partial charge < -0.3 is 4.74 Å². The standard InChI is InChI=1S/C26H25N5O5S2/c1-26(2,3)22(32)18(14-27)24-30(15-17-6-4-11-36-17)23(33)21(37-24)13-16-7-8-20(19(12-16)31(34)35)38-25-28-9-5-10-29-25/h5,7-10,12-13,17H,4,6,11,15H2,1-3H3/b21-13+,24-18-. The van der Waals surface area contributed by atoms with E-state index >= 15 is 0 Å². The van der Waals surface area contributed by atoms with Crippen LogP contribution >= 0.6 is 23.1 Å². The van der Waals surface area contributed by atoms with Gasteiger partial charge in [0.25, 0.3) is 11.2 Å². The number of aromatic nitrogens is 3. The Bertz CT molecular complexity index is 1590. The number of rotatable bonds is 7. The first kappa shape index (κ1) is 27.4. The molecule has 0 radical (unpaired) electrons. The van der Waals surface area contributed by atoms with Crippen LogP contribution in [0.4, 0.5) is 5.69 Å². The average Bonchev–Trinajstić information content (AvgIpc) is 3.50. The second-order valence-electron chi connectivity index (χ2n) is 9.65. The number of nitro groups is 1. The third-order valence-electron chi connectivity index (χ3n) is 5.77. The van der Waals surface area contributed by atoms with Crippen molar-refractivity contribution in [3.8, 4) is 6.07 Å². The third-order valence-corrected chi connectivity index (χ3v) is 7.86. The van der Waals surface area contributed by atoms with Crippen LogP contribution in [0.1, 0.15) is 39.2 Å². The fraction of sp³-hybridized carbons (Fsp3) is 0.346. The number of carbonyl (C=O) groups is 1. The minimum Gasteiger partial charge on any atom is -0.376 e. The molecule has 0 aliphatic carbocycles. The number of ether oxygens (including phenoxy) is 1. The number of nitriles is 1. The lowest BCUT2D eigenvalue weighted by atomic mass is 9.87. The number of nitro benzene ring substituents is 1. The molecule has 12 heteroatoms. The van der Waals surface area contributed by atoms with E-state index in [9.17, 15) is 25.0 Å². The summed E-state index contributed by atoms with van der Waals surface area (Å²) in [4.78, 5) is 46.4. The Morgan fingerprint density at radius 3 is 2.71 bits per heavy atom. The highest BCUT2D eigenvalue weighted by molar-refractivity contribution is 7.99. The molecule has 0 saturated carbocycles. The van der Waals surface area contributed by atoms with Gasteiger partial charge in [-0.1, -0.05) is 26.8 Å². The lowest BCUT2D eigenvalue weighted by molar-refractivity contribution is -0.387. The lowest BCUT2D eigenvalue weighted by Gasteiger charge is -2.16. The van der Waals surface area contributed by atoms with Gasteiger partial charge in [0.15, 0.2) is 10.9 Å². The number of hydrogen-bond acceptors (Lipinski definition) is 10. The van der Waals surface area contributed by atoms with Crippen LogP contribution in [0.25, 0.3) is 11.6 Å². The van der Waals surface area contributed by atoms with Gasteiger partial charge in [-0.2, -0.15) is 5.26 Å². The summed E-state index contributed by atoms with van der Waals surface area (Å²) in [7, 11) is 0. The van der Waals surface area contributed by atoms with Crippen LogP contribution in [0.15, 0.2) is 51.5 Å². The van der Waals surface area contributed by atoms with E-state index in [0.29, 0.717) is 22.2 Å². The number of ketones is 1. The zero-order valence-electron chi connectivity index (χ0n) is 21.0. The summed E-state index contributed by atoms with van der Waals surface area (Å²) in [6, 6.07) is 8.29. The molecule has 1 aromatic carbocycles. The maximum absolute atomic E-state index is 13.5. The first-order chi connectivity index (χ1) is 18.1. The second kappa shape index (κ2) is 11.4. The maximum Gasteiger partial charge on any atom is 0.283 e. The second-order valence-corrected chi connectivity index (χ2v) is 11.7. The highest BCUT2D eigenvalue weighted by atomic mass is 32.2. The molecule has 1 fully saturated rings. The molecule has 1 unspecified atom stereocenters. The molecule has 1 atom stereocenters. The summed E-state index contributed by atoms with van der Waals surface area (Å²) >= 11 is 2.09. The Labute approximate surface area is 226 Å². The fourth-order valence-electron chi connectivity index (χ4n) is 3.87. The number of hydrogen-bond donors (Lipinski definition) is 0. The van der Waals surface area contributed by atoms with Crippen molar-refractivity contribution in [3.63, 3.8) is 0 Å². The molecule has 4 rings (SSSR count). The van der Waals surface area contributed by atoms with E-state index in [4.69, 9.17) is 4.74 Å². The number of Topliss-reactive ketones (excluding diaryl/α,β-unsaturated/α-hetero) is 1. The first-order valence-electron chi connectivity index (χ1n) is 11.8. The third kappa shape index (κ3) is 6.07. The Morgan fingerprint density at radius 1 is 1.37 bits per heavy atom. The van der Waals surface area contributed by atoms with Crippen LogP contribution in [-0.4, -0.2) is 38.0 Å². The summed E-state index contributed by atoms with van der Waals surface area (Å²) in [6.07, 6.45) is 6.09. The molecule has 2 aromatic heterocycles. The Kier molecular flexibility index (Phi) is 8.20. The smallest absolute Gasteiger partial charge is 0.283 e. The molecule has 0 spiro atoms. The predicted molar refractivity (Wildman–Crippen MR) is 143 cm³/mol. The number of benzene rings is 1. The van der Waals surface area contributed by atoms with E-state index in [1.54, 1.807) is 57.4 Å². The van der Waals surface area contributed by atoms with Crippen molar-refractivity contribution in [1.82, 2.24) is 14.5 Å². The number of thiazole rings is 1. The van der Waals surface area contributed by atoms with E-state index in [-0.39, 0.29) is 44.4 Å². The molecule has 1 aliphatic heterocycles. The molecule has 0 bridgehead atoms. The molecule has 38 heavy (non-hydrogen) atoms. The van der Waals surface area contributed by atoms with Crippen molar-refractivity contribution >= 4 is 46.2 Å². The van der Waals surface area contributed by atoms with Crippen molar-refractivity contribution in [2.45, 2.75) is 56.3 Å². The van der Waals surface area contributed by atoms with E-state index in [1.807, 2.05) is 6.07 Å². The topological polar surface area (TPSA) is 141 Å². The lowest BCUT2D eigenvalue weighted by Crippen LogP contribution is -2.37. The molecule has 10 nitrogen and oxygen atoms in total. The van der Waals surface area contributed by atoms with E-state index in [0.717, 1.165) is 35.9 Å². The van der Waals surface area contributed by atoms with Crippen molar-refractivity contribution in [2.24, 2.45) is 5.41 Å². The highest BCUT2D eigenvalue weighted by Gasteiger charge is 2.28. The summed E-state index contributed by atoms with van der Waals surface area (Å²) in [5.41, 5.74) is -1.00. The van der Waals surface area contributed by atoms with E-state index in [2.05, 4.69) is 9.97 Å². The van der Waals surface area contributed by atoms with Gasteiger partial charge in [-0.25, -0.2) is 9.97 Å². The van der Waals surface area contributed by atoms with Crippen molar-refractivity contribution in [1.29, 1.82) is 5.26 Å². The molecule has 0 N–H and O–H groups in total. The minimum absolute atomic E-state index is 0.0853. The van der Waals surface area contributed by atoms with Gasteiger partial charge in [0.05, 0.1) is 27.0 Å². The van der Waals surface area contributed by atoms with Crippen LogP contribution in [0.5, 0.6) is 0 Å². The molecule has 0 amide bonds. The van der Waals surface area contributed by atoms with Crippen LogP contribution in [0.3, 0.4) is 0 Å². The van der Waals surface area contributed by atoms with Gasteiger partial charge in [-0.15, -0.1) is 11.3 Å². The van der Waals surface area contributed by atoms with Gasteiger partial charge in [0.1, 0.15) is 16.3 Å². The number of nitrogens with zero attached hydrogens (tertiary/aromatic N) is 5. The average molecular weight is 552 g/mol. The van der Waals surface area contributed by atoms with Gasteiger partial charge in [-0.05, 0) is 48.4 Å². The summed E-state index contributed by atoms with van der Waals surface area (Å²) in [5, 5.41) is 22.1. The van der Waals surface area contributed by atoms with Gasteiger partial charge in [0.2, 0.25) is 0 Å². The van der Waals surface area contributed by atoms with Crippen molar-refractivity contribution < 1.29 is 14.5 Å². The maximum atomic E-state index is 13.5. The van der Waals surface area contributed by atoms with Crippen LogP contribution in [0, 0.1) is 26.9 Å². The molecule has 1 saturated heterocycles. The largest absolute Gasteiger partial charge is 0.376 e. The highest BCUT2D eigenvalue weighted by Crippen LogP contribution is 2.33. The van der Waals surface area contributed by atoms with Crippen LogP contribution in [-0.2, 0) is 16.1 Å². The Balaban J connectivity index is 1.86. The Hall–Kier alpha value is -3.66. The van der Waals surface area contributed by atoms with Gasteiger partial charge in [0, 0.05) is 30.5 Å². The molecule has 196 valence electrons. The van der Waals surface area contributed by atoms with Gasteiger partial charge in [-0.3, -0.25) is 24.3 Å². The summed E-state index contributed by atoms with van der Waals surface area (Å²) < 4.78 is 7.66. The van der Waals surface area contributed by atoms with Crippen LogP contribution in [0.2, 0.25) is 0 Å². The first-order valence-corrected chi connectivity index (χ1v) is 13.5. The van der Waals surface area contributed by atoms with Gasteiger partial charge >= 0.3 is 0 Å². The monoisotopic (exact) mass is 551 g/mol. The summed E-state index contributed by atoms with van der Waals surface area (Å²) in [5.74, 6) is -0.367. The zero-order chi connectivity index (χ0) is 27.4. The molecular weight excluding hydrogens is 526 g/mol. The molecule has 3 heterocycles. The summed E-state index contributed by atoms with van der Waals surface area (Å²) in [6.45, 7) is 5.96. The molecule has 1 aliphatic rings. The van der Waals surface area contributed by atoms with Crippen LogP contribution < -0.4 is 14.8 Å². The zero-order valence-corrected chi connectivity index (χ0v) is 22.7. The van der Waals surface area contributed by atoms with E-state index < -0.39 is 10.3 Å². The molecular formula is C26H25N5O5S2. The predicted octanol–water partition coefficient (Wildman–Crippen LogP) is 3.06. The van der Waals surface area contributed by atoms with Crippen molar-refractivity contribution in [3.05, 3.63) is 71.9 Å². The molecule has 3 aromatic rings. The quantitative estimate of drug-likeness (QED) is 0.246. The fourth-order valence-corrected chi connectivity index (χ4v) is 5.78. The number of carbonyl (C=O) groups excluding carboxylic acids is 1. The Morgan fingerprint density at radius 2 is 2.11 bits per heavy atom. The normalized spacial score (nSPS) is 16.8.